The van der Waals surface area contributed by atoms with Crippen LogP contribution < -0.4 is 5.73 Å². The zero-order valence-electron chi connectivity index (χ0n) is 8.26. The van der Waals surface area contributed by atoms with Crippen molar-refractivity contribution in [2.24, 2.45) is 5.73 Å². The molecular weight excluding hydrogens is 226 g/mol. The molecule has 1 unspecified atom stereocenters. The summed E-state index contributed by atoms with van der Waals surface area (Å²) in [6, 6.07) is -1.25. The van der Waals surface area contributed by atoms with Crippen LogP contribution in [0.15, 0.2) is 0 Å². The Balaban J connectivity index is 0. The van der Waals surface area contributed by atoms with Crippen molar-refractivity contribution in [2.75, 3.05) is 6.61 Å². The van der Waals surface area contributed by atoms with E-state index in [9.17, 15) is 14.4 Å². The van der Waals surface area contributed by atoms with Gasteiger partial charge < -0.3 is 15.6 Å². The number of ether oxygens (including phenoxy) is 1. The lowest BCUT2D eigenvalue weighted by molar-refractivity contribution is -0.147. The predicted octanol–water partition coefficient (Wildman–Crippen LogP) is -0.267. The summed E-state index contributed by atoms with van der Waals surface area (Å²) < 4.78 is 4.51. The number of esters is 1. The molecule has 0 saturated carbocycles. The fourth-order valence-corrected chi connectivity index (χ4v) is 0.778. The maximum atomic E-state index is 11.0. The molecule has 0 aromatic rings. The third kappa shape index (κ3) is 7.90. The summed E-state index contributed by atoms with van der Waals surface area (Å²) in [6.45, 7) is 1.81. The number of halogens is 1. The lowest BCUT2D eigenvalue weighted by Crippen LogP contribution is -2.33. The molecule has 0 aliphatic heterocycles. The molecule has 0 fully saturated rings. The van der Waals surface area contributed by atoms with Crippen LogP contribution in [0.4, 0.5) is 0 Å². The first-order valence-corrected chi connectivity index (χ1v) is 4.13. The monoisotopic (exact) mass is 239 g/mol. The number of nitrogens with two attached hydrogens (primary N) is 1. The Hall–Kier alpha value is -1.14. The van der Waals surface area contributed by atoms with Crippen LogP contribution in [0.5, 0.6) is 0 Å². The van der Waals surface area contributed by atoms with Crippen molar-refractivity contribution in [1.82, 2.24) is 0 Å². The van der Waals surface area contributed by atoms with Crippen molar-refractivity contribution in [3.05, 3.63) is 0 Å². The Bertz CT molecular complexity index is 243. The largest absolute Gasteiger partial charge is 0.480 e. The molecular formula is C8H14ClNO5. The van der Waals surface area contributed by atoms with Gasteiger partial charge in [0.25, 0.3) is 0 Å². The van der Waals surface area contributed by atoms with E-state index >= 15 is 0 Å². The minimum atomic E-state index is -1.26. The van der Waals surface area contributed by atoms with Gasteiger partial charge in [-0.3, -0.25) is 14.4 Å². The first kappa shape index (κ1) is 16.3. The lowest BCUT2D eigenvalue weighted by atomic mass is 10.1. The standard InChI is InChI=1S/C8H13NO5.ClH/c1-2-14-7(11)4-5(10)3-6(9)8(12)13;/h6H,2-4,9H2,1H3,(H,12,13);1H. The van der Waals surface area contributed by atoms with Crippen molar-refractivity contribution in [2.45, 2.75) is 25.8 Å². The minimum Gasteiger partial charge on any atom is -0.480 e. The van der Waals surface area contributed by atoms with Crippen LogP contribution in [-0.4, -0.2) is 35.5 Å². The molecule has 0 radical (unpaired) electrons. The average molecular weight is 240 g/mol. The number of aliphatic carboxylic acids is 1. The second-order valence-corrected chi connectivity index (χ2v) is 2.67. The number of hydrogen-bond donors (Lipinski definition) is 2. The molecule has 0 spiro atoms. The van der Waals surface area contributed by atoms with Crippen molar-refractivity contribution in [1.29, 1.82) is 0 Å². The summed E-state index contributed by atoms with van der Waals surface area (Å²) in [5, 5.41) is 8.37. The van der Waals surface area contributed by atoms with Crippen LogP contribution in [0.25, 0.3) is 0 Å². The third-order valence-electron chi connectivity index (χ3n) is 1.41. The van der Waals surface area contributed by atoms with Crippen molar-refractivity contribution in [3.8, 4) is 0 Å². The van der Waals surface area contributed by atoms with Crippen LogP contribution in [0, 0.1) is 0 Å². The number of hydrogen-bond acceptors (Lipinski definition) is 5. The normalized spacial score (nSPS) is 11.1. The smallest absolute Gasteiger partial charge is 0.320 e. The number of rotatable bonds is 6. The van der Waals surface area contributed by atoms with Gasteiger partial charge in [-0.05, 0) is 6.92 Å². The second kappa shape index (κ2) is 8.19. The fraction of sp³-hybridized carbons (Fsp3) is 0.625. The van der Waals surface area contributed by atoms with Gasteiger partial charge in [0.05, 0.1) is 6.61 Å². The number of Topliss-reactive ketones (excluding diaryl/α,β-unsaturated/α-hetero) is 1. The molecule has 0 amide bonds. The van der Waals surface area contributed by atoms with Gasteiger partial charge in [-0.1, -0.05) is 0 Å². The number of carbonyl (C=O) groups is 3. The fourth-order valence-electron chi connectivity index (χ4n) is 0.778. The van der Waals surface area contributed by atoms with E-state index in [0.29, 0.717) is 0 Å². The summed E-state index contributed by atoms with van der Waals surface area (Å²) in [5.41, 5.74) is 5.09. The maximum absolute atomic E-state index is 11.0. The highest BCUT2D eigenvalue weighted by molar-refractivity contribution is 5.97. The number of carbonyl (C=O) groups excluding carboxylic acids is 2. The minimum absolute atomic E-state index is 0. The van der Waals surface area contributed by atoms with Gasteiger partial charge in [-0.15, -0.1) is 12.4 Å². The highest BCUT2D eigenvalue weighted by Gasteiger charge is 2.18. The molecule has 0 heterocycles. The molecule has 0 aliphatic rings. The Morgan fingerprint density at radius 1 is 1.40 bits per heavy atom. The van der Waals surface area contributed by atoms with Crippen LogP contribution >= 0.6 is 12.4 Å². The molecule has 0 aromatic heterocycles. The average Bonchev–Trinajstić information content (AvgIpc) is 2.03. The molecule has 6 nitrogen and oxygen atoms in total. The molecule has 0 rings (SSSR count). The zero-order valence-corrected chi connectivity index (χ0v) is 9.08. The van der Waals surface area contributed by atoms with E-state index in [1.165, 1.54) is 0 Å². The molecule has 15 heavy (non-hydrogen) atoms. The van der Waals surface area contributed by atoms with E-state index in [4.69, 9.17) is 10.8 Å². The lowest BCUT2D eigenvalue weighted by Gasteiger charge is -2.04. The Morgan fingerprint density at radius 2 is 1.93 bits per heavy atom. The molecule has 0 aliphatic carbocycles. The Kier molecular flexibility index (Phi) is 8.90. The van der Waals surface area contributed by atoms with Crippen LogP contribution in [0.1, 0.15) is 19.8 Å². The molecule has 1 atom stereocenters. The predicted molar refractivity (Wildman–Crippen MR) is 53.7 cm³/mol. The van der Waals surface area contributed by atoms with Gasteiger partial charge in [0.15, 0.2) is 0 Å². The first-order chi connectivity index (χ1) is 6.47. The van der Waals surface area contributed by atoms with E-state index in [1.807, 2.05) is 0 Å². The van der Waals surface area contributed by atoms with E-state index in [0.717, 1.165) is 0 Å². The zero-order chi connectivity index (χ0) is 11.1. The number of carboxylic acids is 1. The van der Waals surface area contributed by atoms with Gasteiger partial charge in [-0.25, -0.2) is 0 Å². The van der Waals surface area contributed by atoms with Crippen molar-refractivity contribution < 1.29 is 24.2 Å². The molecule has 7 heteroatoms. The van der Waals surface area contributed by atoms with E-state index in [-0.39, 0.29) is 25.4 Å². The SMILES string of the molecule is CCOC(=O)CC(=O)CC(N)C(=O)O.Cl. The molecule has 0 bridgehead atoms. The first-order valence-electron chi connectivity index (χ1n) is 4.13. The second-order valence-electron chi connectivity index (χ2n) is 2.67. The van der Waals surface area contributed by atoms with Crippen LogP contribution in [-0.2, 0) is 19.1 Å². The molecule has 3 N–H and O–H groups in total. The number of ketones is 1. The quantitative estimate of drug-likeness (QED) is 0.488. The Morgan fingerprint density at radius 3 is 2.33 bits per heavy atom. The van der Waals surface area contributed by atoms with Gasteiger partial charge >= 0.3 is 11.9 Å². The van der Waals surface area contributed by atoms with Gasteiger partial charge in [0, 0.05) is 6.42 Å². The van der Waals surface area contributed by atoms with E-state index in [1.54, 1.807) is 6.92 Å². The van der Waals surface area contributed by atoms with E-state index < -0.39 is 30.2 Å². The Labute approximate surface area is 93.2 Å². The summed E-state index contributed by atoms with van der Waals surface area (Å²) in [6.07, 6.45) is -0.775. The molecule has 0 aromatic carbocycles. The van der Waals surface area contributed by atoms with Gasteiger partial charge in [-0.2, -0.15) is 0 Å². The third-order valence-corrected chi connectivity index (χ3v) is 1.41. The van der Waals surface area contributed by atoms with Gasteiger partial charge in [0.1, 0.15) is 18.2 Å². The highest BCUT2D eigenvalue weighted by atomic mass is 35.5. The summed E-state index contributed by atoms with van der Waals surface area (Å²) in [4.78, 5) is 32.0. The van der Waals surface area contributed by atoms with E-state index in [2.05, 4.69) is 4.74 Å². The molecule has 88 valence electrons. The highest BCUT2D eigenvalue weighted by Crippen LogP contribution is 1.96. The van der Waals surface area contributed by atoms with Crippen LogP contribution in [0.3, 0.4) is 0 Å². The molecule has 0 saturated heterocycles. The van der Waals surface area contributed by atoms with Crippen molar-refractivity contribution >= 4 is 30.1 Å². The summed E-state index contributed by atoms with van der Waals surface area (Å²) >= 11 is 0. The number of carboxylic acid groups (broad SMARTS) is 1. The van der Waals surface area contributed by atoms with Gasteiger partial charge in [0.2, 0.25) is 0 Å². The topological polar surface area (TPSA) is 107 Å². The summed E-state index contributed by atoms with van der Waals surface area (Å²) in [7, 11) is 0. The van der Waals surface area contributed by atoms with Crippen molar-refractivity contribution in [3.63, 3.8) is 0 Å². The van der Waals surface area contributed by atoms with Crippen LogP contribution in [0.2, 0.25) is 0 Å². The summed E-state index contributed by atoms with van der Waals surface area (Å²) in [5.74, 6) is -2.45. The maximum Gasteiger partial charge on any atom is 0.320 e.